The Labute approximate surface area is 122 Å². The average molecular weight is 280 g/mol. The molecule has 20 heavy (non-hydrogen) atoms. The smallest absolute Gasteiger partial charge is 0.306 e. The summed E-state index contributed by atoms with van der Waals surface area (Å²) in [5, 5.41) is 10.4. The minimum absolute atomic E-state index is 0.0538. The van der Waals surface area contributed by atoms with Gasteiger partial charge in [0, 0.05) is 5.92 Å². The summed E-state index contributed by atoms with van der Waals surface area (Å²) < 4.78 is 5.31. The van der Waals surface area contributed by atoms with Crippen molar-refractivity contribution in [3.63, 3.8) is 0 Å². The quantitative estimate of drug-likeness (QED) is 0.598. The van der Waals surface area contributed by atoms with Crippen LogP contribution in [0.5, 0.6) is 0 Å². The fourth-order valence-corrected chi connectivity index (χ4v) is 3.43. The summed E-state index contributed by atoms with van der Waals surface area (Å²) in [5.41, 5.74) is -0.0769. The molecule has 0 bridgehead atoms. The van der Waals surface area contributed by atoms with E-state index in [4.69, 9.17) is 4.74 Å². The van der Waals surface area contributed by atoms with Gasteiger partial charge in [-0.2, -0.15) is 0 Å². The Bertz CT molecular complexity index is 372. The lowest BCUT2D eigenvalue weighted by molar-refractivity contribution is -0.141. The molecule has 0 amide bonds. The number of carbonyl (C=O) groups excluding carboxylic acids is 1. The number of aliphatic hydroxyl groups excluding tert-OH is 1. The summed E-state index contributed by atoms with van der Waals surface area (Å²) in [4.78, 5) is 11.3. The SMILES string of the molecule is CCCCC(C)(C)C(O)/C=C/C1CCC2OC(=O)CC12. The van der Waals surface area contributed by atoms with Gasteiger partial charge in [-0.25, -0.2) is 0 Å². The van der Waals surface area contributed by atoms with E-state index in [1.165, 1.54) is 0 Å². The van der Waals surface area contributed by atoms with E-state index >= 15 is 0 Å². The van der Waals surface area contributed by atoms with Gasteiger partial charge in [-0.05, 0) is 30.6 Å². The van der Waals surface area contributed by atoms with E-state index in [-0.39, 0.29) is 17.5 Å². The zero-order valence-electron chi connectivity index (χ0n) is 13.0. The number of hydrogen-bond donors (Lipinski definition) is 1. The molecular formula is C17H28O3. The van der Waals surface area contributed by atoms with Gasteiger partial charge in [0.25, 0.3) is 0 Å². The summed E-state index contributed by atoms with van der Waals surface area (Å²) in [6, 6.07) is 0. The normalized spacial score (nSPS) is 31.6. The number of ether oxygens (including phenoxy) is 1. The van der Waals surface area contributed by atoms with Crippen molar-refractivity contribution in [2.45, 2.75) is 71.5 Å². The maximum absolute atomic E-state index is 11.3. The van der Waals surface area contributed by atoms with Crippen molar-refractivity contribution >= 4 is 5.97 Å². The Hall–Kier alpha value is -0.830. The van der Waals surface area contributed by atoms with Crippen LogP contribution in [0, 0.1) is 17.3 Å². The first-order chi connectivity index (χ1) is 9.44. The molecular weight excluding hydrogens is 252 g/mol. The summed E-state index contributed by atoms with van der Waals surface area (Å²) >= 11 is 0. The second kappa shape index (κ2) is 6.30. The maximum Gasteiger partial charge on any atom is 0.306 e. The first kappa shape index (κ1) is 15.6. The van der Waals surface area contributed by atoms with Gasteiger partial charge >= 0.3 is 5.97 Å². The van der Waals surface area contributed by atoms with E-state index in [1.807, 2.05) is 6.08 Å². The van der Waals surface area contributed by atoms with E-state index < -0.39 is 6.10 Å². The molecule has 4 unspecified atom stereocenters. The van der Waals surface area contributed by atoms with Gasteiger partial charge in [-0.3, -0.25) is 4.79 Å². The summed E-state index contributed by atoms with van der Waals surface area (Å²) in [6.07, 6.45) is 9.73. The maximum atomic E-state index is 11.3. The van der Waals surface area contributed by atoms with Crippen molar-refractivity contribution in [1.29, 1.82) is 0 Å². The predicted molar refractivity (Wildman–Crippen MR) is 79.2 cm³/mol. The number of carbonyl (C=O) groups is 1. The fourth-order valence-electron chi connectivity index (χ4n) is 3.43. The van der Waals surface area contributed by atoms with Crippen molar-refractivity contribution in [1.82, 2.24) is 0 Å². The molecule has 3 heteroatoms. The van der Waals surface area contributed by atoms with Gasteiger partial charge in [-0.15, -0.1) is 0 Å². The zero-order valence-corrected chi connectivity index (χ0v) is 13.0. The Morgan fingerprint density at radius 2 is 2.20 bits per heavy atom. The minimum Gasteiger partial charge on any atom is -0.462 e. The number of allylic oxidation sites excluding steroid dienone is 1. The lowest BCUT2D eigenvalue weighted by atomic mass is 9.80. The van der Waals surface area contributed by atoms with Crippen molar-refractivity contribution in [3.8, 4) is 0 Å². The third kappa shape index (κ3) is 3.43. The molecule has 1 saturated carbocycles. The van der Waals surface area contributed by atoms with Crippen LogP contribution in [0.1, 0.15) is 59.3 Å². The fraction of sp³-hybridized carbons (Fsp3) is 0.824. The Balaban J connectivity index is 1.90. The van der Waals surface area contributed by atoms with Crippen LogP contribution in [-0.2, 0) is 9.53 Å². The second-order valence-corrected chi connectivity index (χ2v) is 7.06. The third-order valence-electron chi connectivity index (χ3n) is 5.01. The van der Waals surface area contributed by atoms with Gasteiger partial charge < -0.3 is 9.84 Å². The van der Waals surface area contributed by atoms with Crippen LogP contribution in [0.4, 0.5) is 0 Å². The highest BCUT2D eigenvalue weighted by Crippen LogP contribution is 2.42. The number of rotatable bonds is 6. The molecule has 2 fully saturated rings. The Morgan fingerprint density at radius 3 is 2.90 bits per heavy atom. The van der Waals surface area contributed by atoms with Gasteiger partial charge in [-0.1, -0.05) is 45.8 Å². The molecule has 3 nitrogen and oxygen atoms in total. The highest BCUT2D eigenvalue weighted by atomic mass is 16.5. The molecule has 1 aliphatic heterocycles. The monoisotopic (exact) mass is 280 g/mol. The topological polar surface area (TPSA) is 46.5 Å². The lowest BCUT2D eigenvalue weighted by Gasteiger charge is -2.29. The van der Waals surface area contributed by atoms with Gasteiger partial charge in [0.2, 0.25) is 0 Å². The second-order valence-electron chi connectivity index (χ2n) is 7.06. The third-order valence-corrected chi connectivity index (χ3v) is 5.01. The van der Waals surface area contributed by atoms with Gasteiger partial charge in [0.15, 0.2) is 0 Å². The van der Waals surface area contributed by atoms with Crippen LogP contribution < -0.4 is 0 Å². The number of fused-ring (bicyclic) bond motifs is 1. The molecule has 0 aromatic rings. The van der Waals surface area contributed by atoms with Crippen LogP contribution in [0.15, 0.2) is 12.2 Å². The van der Waals surface area contributed by atoms with Crippen molar-refractivity contribution in [2.75, 3.05) is 0 Å². The van der Waals surface area contributed by atoms with Crippen LogP contribution in [0.2, 0.25) is 0 Å². The Kier molecular flexibility index (Phi) is 4.90. The molecule has 1 saturated heterocycles. The molecule has 2 rings (SSSR count). The number of esters is 1. The van der Waals surface area contributed by atoms with Crippen molar-refractivity contribution < 1.29 is 14.6 Å². The highest BCUT2D eigenvalue weighted by molar-refractivity contribution is 5.72. The summed E-state index contributed by atoms with van der Waals surface area (Å²) in [5.74, 6) is 0.676. The van der Waals surface area contributed by atoms with Crippen LogP contribution in [0.25, 0.3) is 0 Å². The molecule has 114 valence electrons. The number of unbranched alkanes of at least 4 members (excludes halogenated alkanes) is 1. The molecule has 0 spiro atoms. The molecule has 2 aliphatic rings. The average Bonchev–Trinajstić information content (AvgIpc) is 2.93. The Morgan fingerprint density at radius 1 is 1.45 bits per heavy atom. The summed E-state index contributed by atoms with van der Waals surface area (Å²) in [6.45, 7) is 6.42. The van der Waals surface area contributed by atoms with Gasteiger partial charge in [0.1, 0.15) is 6.10 Å². The largest absolute Gasteiger partial charge is 0.462 e. The van der Waals surface area contributed by atoms with Crippen molar-refractivity contribution in [3.05, 3.63) is 12.2 Å². The standard InChI is InChI=1S/C17H28O3/c1-4-5-10-17(2,3)15(18)9-7-12-6-8-14-13(12)11-16(19)20-14/h7,9,12-15,18H,4-6,8,10-11H2,1-3H3/b9-7+. The molecule has 1 heterocycles. The first-order valence-corrected chi connectivity index (χ1v) is 8.00. The summed E-state index contributed by atoms with van der Waals surface area (Å²) in [7, 11) is 0. The zero-order chi connectivity index (χ0) is 14.8. The van der Waals surface area contributed by atoms with Gasteiger partial charge in [0.05, 0.1) is 12.5 Å². The van der Waals surface area contributed by atoms with Crippen molar-refractivity contribution in [2.24, 2.45) is 17.3 Å². The highest BCUT2D eigenvalue weighted by Gasteiger charge is 2.43. The van der Waals surface area contributed by atoms with E-state index in [0.29, 0.717) is 18.3 Å². The molecule has 0 aromatic heterocycles. The van der Waals surface area contributed by atoms with Crippen LogP contribution >= 0.6 is 0 Å². The molecule has 1 N–H and O–H groups in total. The molecule has 0 radical (unpaired) electrons. The number of aliphatic hydroxyl groups is 1. The predicted octanol–water partition coefficient (Wildman–Crippen LogP) is 3.46. The van der Waals surface area contributed by atoms with E-state index in [0.717, 1.165) is 32.1 Å². The lowest BCUT2D eigenvalue weighted by Crippen LogP contribution is -2.27. The molecule has 1 aliphatic carbocycles. The molecule has 4 atom stereocenters. The van der Waals surface area contributed by atoms with E-state index in [2.05, 4.69) is 26.8 Å². The van der Waals surface area contributed by atoms with E-state index in [9.17, 15) is 9.90 Å². The first-order valence-electron chi connectivity index (χ1n) is 8.00. The number of hydrogen-bond acceptors (Lipinski definition) is 3. The minimum atomic E-state index is -0.411. The van der Waals surface area contributed by atoms with Crippen LogP contribution in [-0.4, -0.2) is 23.3 Å². The van der Waals surface area contributed by atoms with Crippen LogP contribution in [0.3, 0.4) is 0 Å². The molecule has 0 aromatic carbocycles. The van der Waals surface area contributed by atoms with E-state index in [1.54, 1.807) is 0 Å².